The number of nitro groups is 1. The van der Waals surface area contributed by atoms with Gasteiger partial charge in [0.25, 0.3) is 0 Å². The Balaban J connectivity index is 1.65. The number of nitrogens with one attached hydrogen (secondary N) is 3. The second-order valence-electron chi connectivity index (χ2n) is 6.68. The van der Waals surface area contributed by atoms with Gasteiger partial charge in [0.15, 0.2) is 0 Å². The highest BCUT2D eigenvalue weighted by Gasteiger charge is 2.23. The number of carbonyl (C=O) groups is 1. The first kappa shape index (κ1) is 20.3. The summed E-state index contributed by atoms with van der Waals surface area (Å²) >= 11 is 0. The monoisotopic (exact) mass is 406 g/mol. The molecule has 2 aromatic carbocycles. The van der Waals surface area contributed by atoms with Gasteiger partial charge in [-0.3, -0.25) is 10.1 Å². The quantitative estimate of drug-likeness (QED) is 0.437. The lowest BCUT2D eigenvalue weighted by Crippen LogP contribution is -2.30. The lowest BCUT2D eigenvalue weighted by Gasteiger charge is -2.17. The molecule has 3 N–H and O–H groups in total. The van der Waals surface area contributed by atoms with Crippen molar-refractivity contribution in [3.05, 3.63) is 58.1 Å². The van der Waals surface area contributed by atoms with E-state index in [0.29, 0.717) is 11.4 Å². The molecule has 8 nitrogen and oxygen atoms in total. The van der Waals surface area contributed by atoms with Crippen LogP contribution in [0.1, 0.15) is 31.4 Å². The zero-order valence-electron chi connectivity index (χ0n) is 15.5. The van der Waals surface area contributed by atoms with Crippen molar-refractivity contribution in [3.8, 4) is 5.75 Å². The number of anilines is 2. The second kappa shape index (κ2) is 8.72. The summed E-state index contributed by atoms with van der Waals surface area (Å²) in [7, 11) is 0. The third-order valence-electron chi connectivity index (χ3n) is 4.34. The van der Waals surface area contributed by atoms with Crippen LogP contribution in [0.5, 0.6) is 5.75 Å². The molecule has 1 fully saturated rings. The number of hydrogen-bond acceptors (Lipinski definition) is 5. The molecule has 29 heavy (non-hydrogen) atoms. The second-order valence-corrected chi connectivity index (χ2v) is 6.68. The number of hydrogen-bond donors (Lipinski definition) is 3. The van der Waals surface area contributed by atoms with Gasteiger partial charge in [0.05, 0.1) is 4.92 Å². The van der Waals surface area contributed by atoms with E-state index in [1.165, 1.54) is 12.1 Å². The van der Waals surface area contributed by atoms with Gasteiger partial charge >= 0.3 is 18.3 Å². The number of nitrogens with zero attached hydrogens (tertiary/aromatic N) is 1. The van der Waals surface area contributed by atoms with Crippen LogP contribution in [0.25, 0.3) is 0 Å². The van der Waals surface area contributed by atoms with Gasteiger partial charge in [0, 0.05) is 35.6 Å². The zero-order chi connectivity index (χ0) is 21.0. The Morgan fingerprint density at radius 2 is 1.83 bits per heavy atom. The van der Waals surface area contributed by atoms with Gasteiger partial charge in [0.2, 0.25) is 5.75 Å². The number of alkyl halides is 2. The van der Waals surface area contributed by atoms with E-state index in [2.05, 4.69) is 20.7 Å². The van der Waals surface area contributed by atoms with Gasteiger partial charge in [-0.2, -0.15) is 8.78 Å². The van der Waals surface area contributed by atoms with Crippen LogP contribution in [-0.2, 0) is 0 Å². The van der Waals surface area contributed by atoms with Crippen molar-refractivity contribution in [2.75, 3.05) is 10.6 Å². The van der Waals surface area contributed by atoms with Crippen molar-refractivity contribution in [2.45, 2.75) is 38.5 Å². The molecule has 0 saturated heterocycles. The highest BCUT2D eigenvalue weighted by atomic mass is 19.3. The van der Waals surface area contributed by atoms with Crippen molar-refractivity contribution < 1.29 is 23.2 Å². The number of amides is 2. The molecule has 0 aromatic heterocycles. The molecule has 0 heterocycles. The van der Waals surface area contributed by atoms with Gasteiger partial charge in [-0.25, -0.2) is 4.79 Å². The lowest BCUT2D eigenvalue weighted by molar-refractivity contribution is -0.386. The van der Waals surface area contributed by atoms with Crippen LogP contribution >= 0.6 is 0 Å². The molecule has 1 aliphatic rings. The van der Waals surface area contributed by atoms with Gasteiger partial charge in [-0.05, 0) is 43.5 Å². The zero-order valence-corrected chi connectivity index (χ0v) is 15.5. The average Bonchev–Trinajstić information content (AvgIpc) is 3.45. The van der Waals surface area contributed by atoms with Crippen LogP contribution in [0.15, 0.2) is 42.5 Å². The van der Waals surface area contributed by atoms with Gasteiger partial charge < -0.3 is 20.7 Å². The van der Waals surface area contributed by atoms with Crippen molar-refractivity contribution in [1.82, 2.24) is 5.32 Å². The van der Waals surface area contributed by atoms with Crippen LogP contribution in [0.2, 0.25) is 0 Å². The fourth-order valence-corrected chi connectivity index (χ4v) is 2.71. The van der Waals surface area contributed by atoms with E-state index in [1.807, 2.05) is 19.1 Å². The Bertz CT molecular complexity index is 888. The van der Waals surface area contributed by atoms with Crippen LogP contribution in [-0.4, -0.2) is 23.6 Å². The van der Waals surface area contributed by atoms with E-state index in [-0.39, 0.29) is 18.1 Å². The van der Waals surface area contributed by atoms with Crippen molar-refractivity contribution in [3.63, 3.8) is 0 Å². The fraction of sp³-hybridized carbons (Fsp3) is 0.316. The number of benzene rings is 2. The number of urea groups is 1. The van der Waals surface area contributed by atoms with Crippen LogP contribution in [0.4, 0.5) is 30.6 Å². The van der Waals surface area contributed by atoms with Crippen LogP contribution in [0.3, 0.4) is 0 Å². The fourth-order valence-electron chi connectivity index (χ4n) is 2.71. The van der Waals surface area contributed by atoms with Crippen molar-refractivity contribution in [2.24, 2.45) is 0 Å². The summed E-state index contributed by atoms with van der Waals surface area (Å²) in [4.78, 5) is 21.9. The Morgan fingerprint density at radius 3 is 2.41 bits per heavy atom. The smallest absolute Gasteiger partial charge is 0.387 e. The topological polar surface area (TPSA) is 106 Å². The molecule has 0 spiro atoms. The molecule has 0 bridgehead atoms. The average molecular weight is 406 g/mol. The largest absolute Gasteiger partial charge is 0.427 e. The third-order valence-corrected chi connectivity index (χ3v) is 4.34. The SMILES string of the molecule is CC(Nc1ccc([N+](=O)[O-])c(OC(F)F)c1)c1ccc(NC(=O)NC2CC2)cc1. The van der Waals surface area contributed by atoms with Crippen molar-refractivity contribution in [1.29, 1.82) is 0 Å². The molecule has 3 rings (SSSR count). The first-order valence-electron chi connectivity index (χ1n) is 8.99. The Morgan fingerprint density at radius 1 is 1.17 bits per heavy atom. The van der Waals surface area contributed by atoms with Crippen LogP contribution in [0, 0.1) is 10.1 Å². The minimum Gasteiger partial charge on any atom is -0.427 e. The molecule has 10 heteroatoms. The number of halogens is 2. The molecule has 0 radical (unpaired) electrons. The van der Waals surface area contributed by atoms with Crippen LogP contribution < -0.4 is 20.7 Å². The highest BCUT2D eigenvalue weighted by molar-refractivity contribution is 5.89. The molecule has 1 unspecified atom stereocenters. The van der Waals surface area contributed by atoms with E-state index >= 15 is 0 Å². The predicted octanol–water partition coefficient (Wildman–Crippen LogP) is 4.65. The number of rotatable bonds is 8. The lowest BCUT2D eigenvalue weighted by atomic mass is 10.1. The summed E-state index contributed by atoms with van der Waals surface area (Å²) in [5, 5.41) is 19.6. The van der Waals surface area contributed by atoms with Gasteiger partial charge in [-0.1, -0.05) is 12.1 Å². The molecule has 1 atom stereocenters. The minimum atomic E-state index is -3.17. The Hall–Kier alpha value is -3.43. The third kappa shape index (κ3) is 5.77. The number of nitro benzene ring substituents is 1. The van der Waals surface area contributed by atoms with E-state index in [9.17, 15) is 23.7 Å². The summed E-state index contributed by atoms with van der Waals surface area (Å²) in [6, 6.07) is 10.6. The molecular formula is C19H20F2N4O4. The molecule has 0 aliphatic heterocycles. The molecule has 1 saturated carbocycles. The highest BCUT2D eigenvalue weighted by Crippen LogP contribution is 2.32. The van der Waals surface area contributed by atoms with Gasteiger partial charge in [0.1, 0.15) is 0 Å². The van der Waals surface area contributed by atoms with E-state index in [1.54, 1.807) is 12.1 Å². The maximum atomic E-state index is 12.5. The molecule has 2 amide bonds. The first-order chi connectivity index (χ1) is 13.8. The van der Waals surface area contributed by atoms with E-state index < -0.39 is 23.0 Å². The van der Waals surface area contributed by atoms with Crippen molar-refractivity contribution >= 4 is 23.1 Å². The molecule has 1 aliphatic carbocycles. The van der Waals surface area contributed by atoms with E-state index in [0.717, 1.165) is 24.5 Å². The minimum absolute atomic E-state index is 0.231. The Labute approximate surface area is 165 Å². The molecular weight excluding hydrogens is 386 g/mol. The summed E-state index contributed by atoms with van der Waals surface area (Å²) in [6.07, 6.45) is 2.00. The normalized spacial score (nSPS) is 14.2. The number of ether oxygens (including phenoxy) is 1. The molecule has 154 valence electrons. The van der Waals surface area contributed by atoms with Gasteiger partial charge in [-0.15, -0.1) is 0 Å². The Kier molecular flexibility index (Phi) is 6.10. The molecule has 2 aromatic rings. The maximum absolute atomic E-state index is 12.5. The summed E-state index contributed by atoms with van der Waals surface area (Å²) in [5.74, 6) is -0.511. The number of carbonyl (C=O) groups excluding carboxylic acids is 1. The predicted molar refractivity (Wildman–Crippen MR) is 103 cm³/mol. The maximum Gasteiger partial charge on any atom is 0.387 e. The standard InChI is InChI=1S/C19H20F2N4O4/c1-11(12-2-4-13(5-3-12)23-19(26)24-14-6-7-14)22-15-8-9-16(25(27)28)17(10-15)29-18(20)21/h2-5,8-11,14,18,22H,6-7H2,1H3,(H2,23,24,26). The summed E-state index contributed by atoms with van der Waals surface area (Å²) in [5.41, 5.74) is 1.36. The summed E-state index contributed by atoms with van der Waals surface area (Å²) < 4.78 is 29.3. The van der Waals surface area contributed by atoms with E-state index in [4.69, 9.17) is 0 Å². The first-order valence-corrected chi connectivity index (χ1v) is 8.99. The summed E-state index contributed by atoms with van der Waals surface area (Å²) in [6.45, 7) is -1.32.